The molecule has 2 aliphatic rings. The number of carbonyl (C=O) groups is 2. The highest BCUT2D eigenvalue weighted by molar-refractivity contribution is 7.07. The standard InChI is InChI=1S/C28H27N3O5S/c1-5-6-15-30-20-10-8-7-9-19(20)22(25(30)32)24-26(33)31-23(17-11-13-18(35-3)14-12-17)21(27(34)36-4)16(2)29-28(31)37-24/h7-14,23H,5-6,15H2,1-4H3. The van der Waals surface area contributed by atoms with E-state index in [1.54, 1.807) is 31.1 Å². The van der Waals surface area contributed by atoms with Crippen LogP contribution < -0.4 is 24.5 Å². The zero-order chi connectivity index (χ0) is 26.3. The summed E-state index contributed by atoms with van der Waals surface area (Å²) in [6.45, 7) is 4.38. The third-order valence-corrected chi connectivity index (χ3v) is 7.77. The van der Waals surface area contributed by atoms with Crippen LogP contribution in [0.15, 0.2) is 69.6 Å². The SMILES string of the molecule is CCCCN1C(=O)C(=c2sc3n(c2=O)C(c2ccc(OC)cc2)C(C(=O)OC)=C(C)N=3)c2ccccc21. The molecule has 0 fully saturated rings. The van der Waals surface area contributed by atoms with Crippen LogP contribution in [0.5, 0.6) is 5.75 Å². The Balaban J connectivity index is 1.78. The van der Waals surface area contributed by atoms with Crippen LogP contribution in [-0.4, -0.2) is 37.2 Å². The Morgan fingerprint density at radius 3 is 2.49 bits per heavy atom. The van der Waals surface area contributed by atoms with E-state index in [0.29, 0.717) is 38.5 Å². The first-order valence-electron chi connectivity index (χ1n) is 12.1. The molecular formula is C28H27N3O5S. The van der Waals surface area contributed by atoms with Gasteiger partial charge in [0.25, 0.3) is 11.5 Å². The fourth-order valence-corrected chi connectivity index (χ4v) is 6.02. The first kappa shape index (κ1) is 24.7. The summed E-state index contributed by atoms with van der Waals surface area (Å²) in [6.07, 6.45) is 1.80. The Morgan fingerprint density at radius 2 is 1.81 bits per heavy atom. The lowest BCUT2D eigenvalue weighted by Crippen LogP contribution is -2.40. The maximum atomic E-state index is 14.1. The van der Waals surface area contributed by atoms with E-state index in [4.69, 9.17) is 9.47 Å². The predicted molar refractivity (Wildman–Crippen MR) is 141 cm³/mol. The van der Waals surface area contributed by atoms with Gasteiger partial charge in [-0.1, -0.05) is 55.0 Å². The van der Waals surface area contributed by atoms with E-state index in [-0.39, 0.29) is 17.0 Å². The monoisotopic (exact) mass is 517 g/mol. The molecule has 1 atom stereocenters. The lowest BCUT2D eigenvalue weighted by Gasteiger charge is -2.24. The summed E-state index contributed by atoms with van der Waals surface area (Å²) < 4.78 is 12.2. The number of anilines is 1. The third kappa shape index (κ3) is 3.99. The van der Waals surface area contributed by atoms with Gasteiger partial charge < -0.3 is 14.4 Å². The van der Waals surface area contributed by atoms with Gasteiger partial charge in [-0.3, -0.25) is 14.2 Å². The van der Waals surface area contributed by atoms with Crippen molar-refractivity contribution in [3.05, 3.63) is 90.6 Å². The van der Waals surface area contributed by atoms with E-state index >= 15 is 0 Å². The molecule has 0 bridgehead atoms. The quantitative estimate of drug-likeness (QED) is 0.469. The van der Waals surface area contributed by atoms with Crippen LogP contribution in [0.4, 0.5) is 5.69 Å². The number of allylic oxidation sites excluding steroid dienone is 1. The van der Waals surface area contributed by atoms with Crippen molar-refractivity contribution in [3.8, 4) is 5.75 Å². The molecule has 3 heterocycles. The van der Waals surface area contributed by atoms with Crippen molar-refractivity contribution in [3.63, 3.8) is 0 Å². The van der Waals surface area contributed by atoms with Crippen LogP contribution in [0.25, 0.3) is 5.57 Å². The molecule has 0 aliphatic carbocycles. The van der Waals surface area contributed by atoms with Crippen LogP contribution in [0.2, 0.25) is 0 Å². The number of unbranched alkanes of at least 4 members (excludes halogenated alkanes) is 1. The molecule has 2 aromatic carbocycles. The molecular weight excluding hydrogens is 490 g/mol. The molecule has 0 N–H and O–H groups in total. The highest BCUT2D eigenvalue weighted by atomic mass is 32.1. The van der Waals surface area contributed by atoms with E-state index in [9.17, 15) is 14.4 Å². The van der Waals surface area contributed by atoms with Crippen molar-refractivity contribution in [1.82, 2.24) is 4.57 Å². The fraction of sp³-hybridized carbons (Fsp3) is 0.286. The molecule has 5 rings (SSSR count). The zero-order valence-corrected chi connectivity index (χ0v) is 21.9. The maximum absolute atomic E-state index is 14.1. The van der Waals surface area contributed by atoms with Crippen molar-refractivity contribution in [1.29, 1.82) is 0 Å². The molecule has 0 spiro atoms. The van der Waals surface area contributed by atoms with Gasteiger partial charge in [0.15, 0.2) is 4.80 Å². The van der Waals surface area contributed by atoms with Gasteiger partial charge in [-0.2, -0.15) is 0 Å². The number of aromatic nitrogens is 1. The lowest BCUT2D eigenvalue weighted by molar-refractivity contribution is -0.136. The topological polar surface area (TPSA) is 90.2 Å². The Labute approximate surface area is 217 Å². The number of benzene rings is 2. The van der Waals surface area contributed by atoms with Crippen molar-refractivity contribution < 1.29 is 19.1 Å². The number of hydrogen-bond acceptors (Lipinski definition) is 7. The molecule has 9 heteroatoms. The number of fused-ring (bicyclic) bond motifs is 2. The molecule has 1 unspecified atom stereocenters. The molecule has 1 aromatic heterocycles. The molecule has 37 heavy (non-hydrogen) atoms. The average molecular weight is 518 g/mol. The number of thiazole rings is 1. The summed E-state index contributed by atoms with van der Waals surface area (Å²) in [5, 5.41) is 0. The number of amides is 1. The first-order valence-corrected chi connectivity index (χ1v) is 12.9. The number of esters is 1. The van der Waals surface area contributed by atoms with Crippen molar-refractivity contribution in [2.75, 3.05) is 25.7 Å². The van der Waals surface area contributed by atoms with Crippen LogP contribution in [0.1, 0.15) is 43.9 Å². The minimum Gasteiger partial charge on any atom is -0.497 e. The molecule has 2 aliphatic heterocycles. The van der Waals surface area contributed by atoms with Gasteiger partial charge >= 0.3 is 5.97 Å². The molecule has 8 nitrogen and oxygen atoms in total. The smallest absolute Gasteiger partial charge is 0.338 e. The summed E-state index contributed by atoms with van der Waals surface area (Å²) in [5.74, 6) is -0.100. The van der Waals surface area contributed by atoms with Gasteiger partial charge in [0.2, 0.25) is 0 Å². The number of carbonyl (C=O) groups excluding carboxylic acids is 2. The number of methoxy groups -OCH3 is 2. The third-order valence-electron chi connectivity index (χ3n) is 6.72. The summed E-state index contributed by atoms with van der Waals surface area (Å²) >= 11 is 1.17. The van der Waals surface area contributed by atoms with Gasteiger partial charge in [-0.05, 0) is 37.1 Å². The lowest BCUT2D eigenvalue weighted by atomic mass is 9.96. The van der Waals surface area contributed by atoms with Crippen molar-refractivity contribution in [2.24, 2.45) is 4.99 Å². The second-order valence-electron chi connectivity index (χ2n) is 8.87. The maximum Gasteiger partial charge on any atom is 0.338 e. The average Bonchev–Trinajstić information content (AvgIpc) is 3.38. The van der Waals surface area contributed by atoms with Gasteiger partial charge in [0.1, 0.15) is 10.3 Å². The summed E-state index contributed by atoms with van der Waals surface area (Å²) in [7, 11) is 2.88. The van der Waals surface area contributed by atoms with Crippen molar-refractivity contribution in [2.45, 2.75) is 32.7 Å². The molecule has 0 radical (unpaired) electrons. The minimum absolute atomic E-state index is 0.190. The number of para-hydroxylation sites is 1. The molecule has 0 saturated heterocycles. The largest absolute Gasteiger partial charge is 0.497 e. The Morgan fingerprint density at radius 1 is 1.08 bits per heavy atom. The predicted octanol–water partition coefficient (Wildman–Crippen LogP) is 2.93. The molecule has 3 aromatic rings. The van der Waals surface area contributed by atoms with Crippen LogP contribution in [0.3, 0.4) is 0 Å². The van der Waals surface area contributed by atoms with E-state index in [2.05, 4.69) is 11.9 Å². The molecule has 1 amide bonds. The van der Waals surface area contributed by atoms with Crippen LogP contribution in [0, 0.1) is 0 Å². The van der Waals surface area contributed by atoms with E-state index in [0.717, 1.165) is 24.1 Å². The number of rotatable bonds is 6. The number of nitrogens with zero attached hydrogens (tertiary/aromatic N) is 3. The van der Waals surface area contributed by atoms with Gasteiger partial charge in [-0.15, -0.1) is 0 Å². The van der Waals surface area contributed by atoms with Gasteiger partial charge in [-0.25, -0.2) is 9.79 Å². The minimum atomic E-state index is -0.758. The Hall–Kier alpha value is -3.98. The highest BCUT2D eigenvalue weighted by Gasteiger charge is 2.37. The highest BCUT2D eigenvalue weighted by Crippen LogP contribution is 2.36. The second kappa shape index (κ2) is 9.82. The summed E-state index contributed by atoms with van der Waals surface area (Å²) in [4.78, 5) is 47.4. The number of hydrogen-bond donors (Lipinski definition) is 0. The van der Waals surface area contributed by atoms with Crippen LogP contribution in [-0.2, 0) is 14.3 Å². The van der Waals surface area contributed by atoms with Gasteiger partial charge in [0, 0.05) is 12.1 Å². The van der Waals surface area contributed by atoms with E-state index < -0.39 is 12.0 Å². The first-order chi connectivity index (χ1) is 17.9. The number of ether oxygens (including phenoxy) is 2. The molecule has 190 valence electrons. The summed E-state index contributed by atoms with van der Waals surface area (Å²) in [6, 6.07) is 14.0. The van der Waals surface area contributed by atoms with E-state index in [1.807, 2.05) is 36.4 Å². The Bertz CT molecular complexity index is 1610. The van der Waals surface area contributed by atoms with Crippen molar-refractivity contribution >= 4 is 34.5 Å². The normalized spacial score (nSPS) is 17.9. The van der Waals surface area contributed by atoms with Crippen LogP contribution >= 0.6 is 11.3 Å². The zero-order valence-electron chi connectivity index (χ0n) is 21.1. The Kier molecular flexibility index (Phi) is 6.55. The van der Waals surface area contributed by atoms with Gasteiger partial charge in [0.05, 0.1) is 42.8 Å². The fourth-order valence-electron chi connectivity index (χ4n) is 4.88. The second-order valence-corrected chi connectivity index (χ2v) is 9.85. The summed E-state index contributed by atoms with van der Waals surface area (Å²) in [5.41, 5.74) is 3.00. The van der Waals surface area contributed by atoms with E-state index in [1.165, 1.54) is 23.0 Å². The molecule has 0 saturated carbocycles.